The smallest absolute Gasteiger partial charge is 0.146 e. The molecule has 0 amide bonds. The minimum Gasteiger partial charge on any atom is -0.369 e. The maximum absolute atomic E-state index is 14.1. The molecule has 0 radical (unpaired) electrons. The highest BCUT2D eigenvalue weighted by atomic mass is 19.1. The Morgan fingerprint density at radius 3 is 2.47 bits per heavy atom. The van der Waals surface area contributed by atoms with E-state index < -0.39 is 0 Å². The number of nitrogens with zero attached hydrogens (tertiary/aromatic N) is 1. The highest BCUT2D eigenvalue weighted by Crippen LogP contribution is 2.47. The summed E-state index contributed by atoms with van der Waals surface area (Å²) in [4.78, 5) is 2.14. The molecule has 92 valence electrons. The fraction of sp³-hybridized carbons (Fsp3) is 0.571. The van der Waals surface area contributed by atoms with Crippen LogP contribution in [0.2, 0.25) is 0 Å². The van der Waals surface area contributed by atoms with Gasteiger partial charge in [-0.05, 0) is 43.4 Å². The van der Waals surface area contributed by atoms with Crippen LogP contribution in [0.5, 0.6) is 0 Å². The molecule has 1 aromatic carbocycles. The molecule has 2 fully saturated rings. The Morgan fingerprint density at radius 2 is 1.94 bits per heavy atom. The van der Waals surface area contributed by atoms with Crippen LogP contribution in [0, 0.1) is 5.82 Å². The van der Waals surface area contributed by atoms with Gasteiger partial charge in [0.2, 0.25) is 0 Å². The van der Waals surface area contributed by atoms with Crippen molar-refractivity contribution in [3.8, 4) is 0 Å². The molecule has 2 aliphatic rings. The Kier molecular flexibility index (Phi) is 2.58. The van der Waals surface area contributed by atoms with Gasteiger partial charge in [-0.3, -0.25) is 0 Å². The average molecular weight is 234 g/mol. The normalized spacial score (nSPS) is 21.9. The minimum absolute atomic E-state index is 0.0795. The maximum atomic E-state index is 14.1. The van der Waals surface area contributed by atoms with Crippen molar-refractivity contribution >= 4 is 5.69 Å². The van der Waals surface area contributed by atoms with E-state index in [4.69, 9.17) is 5.73 Å². The maximum Gasteiger partial charge on any atom is 0.146 e. The highest BCUT2D eigenvalue weighted by molar-refractivity contribution is 5.51. The number of nitrogens with two attached hydrogens (primary N) is 1. The lowest BCUT2D eigenvalue weighted by molar-refractivity contribution is 0.612. The Bertz CT molecular complexity index is 420. The van der Waals surface area contributed by atoms with Gasteiger partial charge in [0, 0.05) is 25.0 Å². The van der Waals surface area contributed by atoms with E-state index in [1.807, 2.05) is 6.07 Å². The van der Waals surface area contributed by atoms with E-state index in [0.29, 0.717) is 6.54 Å². The topological polar surface area (TPSA) is 29.3 Å². The van der Waals surface area contributed by atoms with Gasteiger partial charge in [0.25, 0.3) is 0 Å². The first-order valence-electron chi connectivity index (χ1n) is 6.50. The third-order valence-corrected chi connectivity index (χ3v) is 4.25. The van der Waals surface area contributed by atoms with Crippen LogP contribution in [0.15, 0.2) is 18.2 Å². The van der Waals surface area contributed by atoms with Crippen molar-refractivity contribution in [2.75, 3.05) is 24.5 Å². The van der Waals surface area contributed by atoms with Crippen LogP contribution in [0.1, 0.15) is 31.2 Å². The summed E-state index contributed by atoms with van der Waals surface area (Å²) in [6.45, 7) is 2.60. The minimum atomic E-state index is -0.0795. The van der Waals surface area contributed by atoms with E-state index >= 15 is 0 Å². The van der Waals surface area contributed by atoms with Crippen LogP contribution in [-0.2, 0) is 5.41 Å². The second kappa shape index (κ2) is 3.98. The van der Waals surface area contributed by atoms with E-state index in [2.05, 4.69) is 11.0 Å². The summed E-state index contributed by atoms with van der Waals surface area (Å²) in [6, 6.07) is 5.70. The first-order chi connectivity index (χ1) is 8.25. The first-order valence-corrected chi connectivity index (χ1v) is 6.50. The number of halogens is 1. The summed E-state index contributed by atoms with van der Waals surface area (Å²) in [5.74, 6) is -0.0795. The van der Waals surface area contributed by atoms with Crippen LogP contribution in [0.25, 0.3) is 0 Å². The van der Waals surface area contributed by atoms with Crippen molar-refractivity contribution in [3.05, 3.63) is 29.6 Å². The molecule has 1 aliphatic heterocycles. The van der Waals surface area contributed by atoms with Gasteiger partial charge in [-0.15, -0.1) is 0 Å². The van der Waals surface area contributed by atoms with Crippen molar-refractivity contribution in [1.29, 1.82) is 0 Å². The molecule has 2 N–H and O–H groups in total. The summed E-state index contributed by atoms with van der Waals surface area (Å²) in [7, 11) is 0. The van der Waals surface area contributed by atoms with Crippen LogP contribution in [0.3, 0.4) is 0 Å². The first kappa shape index (κ1) is 11.0. The molecule has 1 saturated heterocycles. The molecule has 3 rings (SSSR count). The summed E-state index contributed by atoms with van der Waals surface area (Å²) >= 11 is 0. The molecule has 3 heteroatoms. The average Bonchev–Trinajstić information content (AvgIpc) is 2.97. The van der Waals surface area contributed by atoms with Crippen molar-refractivity contribution < 1.29 is 4.39 Å². The number of rotatable bonds is 3. The SMILES string of the molecule is NCC1(c2ccc(N3CCCC3)c(F)c2)CC1. The van der Waals surface area contributed by atoms with Gasteiger partial charge < -0.3 is 10.6 Å². The molecule has 1 heterocycles. The highest BCUT2D eigenvalue weighted by Gasteiger charge is 2.43. The molecule has 0 spiro atoms. The second-order valence-corrected chi connectivity index (χ2v) is 5.34. The predicted molar refractivity (Wildman–Crippen MR) is 67.8 cm³/mol. The van der Waals surface area contributed by atoms with Crippen LogP contribution < -0.4 is 10.6 Å². The van der Waals surface area contributed by atoms with Crippen LogP contribution in [-0.4, -0.2) is 19.6 Å². The summed E-state index contributed by atoms with van der Waals surface area (Å²) in [5, 5.41) is 0. The van der Waals surface area contributed by atoms with E-state index in [0.717, 1.165) is 37.2 Å². The molecule has 2 nitrogen and oxygen atoms in total. The van der Waals surface area contributed by atoms with E-state index in [9.17, 15) is 4.39 Å². The number of anilines is 1. The Balaban J connectivity index is 1.88. The second-order valence-electron chi connectivity index (χ2n) is 5.34. The molecule has 1 aliphatic carbocycles. The monoisotopic (exact) mass is 234 g/mol. The van der Waals surface area contributed by atoms with Gasteiger partial charge in [0.15, 0.2) is 0 Å². The zero-order valence-corrected chi connectivity index (χ0v) is 10.1. The number of hydrogen-bond acceptors (Lipinski definition) is 2. The van der Waals surface area contributed by atoms with Gasteiger partial charge >= 0.3 is 0 Å². The molecular formula is C14H19FN2. The molecule has 1 aromatic rings. The Labute approximate surface area is 102 Å². The third kappa shape index (κ3) is 1.82. The zero-order valence-electron chi connectivity index (χ0n) is 10.1. The fourth-order valence-corrected chi connectivity index (χ4v) is 2.81. The van der Waals surface area contributed by atoms with E-state index in [1.165, 1.54) is 12.8 Å². The van der Waals surface area contributed by atoms with Gasteiger partial charge in [-0.1, -0.05) is 6.07 Å². The lowest BCUT2D eigenvalue weighted by Crippen LogP contribution is -2.22. The lowest BCUT2D eigenvalue weighted by atomic mass is 9.95. The van der Waals surface area contributed by atoms with Crippen molar-refractivity contribution in [1.82, 2.24) is 0 Å². The van der Waals surface area contributed by atoms with Gasteiger partial charge in [0.1, 0.15) is 5.82 Å². The largest absolute Gasteiger partial charge is 0.369 e. The number of hydrogen-bond donors (Lipinski definition) is 1. The fourth-order valence-electron chi connectivity index (χ4n) is 2.81. The number of benzene rings is 1. The van der Waals surface area contributed by atoms with Gasteiger partial charge in [-0.2, -0.15) is 0 Å². The molecular weight excluding hydrogens is 215 g/mol. The molecule has 1 saturated carbocycles. The summed E-state index contributed by atoms with van der Waals surface area (Å²) < 4.78 is 14.1. The van der Waals surface area contributed by atoms with Crippen molar-refractivity contribution in [2.24, 2.45) is 5.73 Å². The quantitative estimate of drug-likeness (QED) is 0.870. The summed E-state index contributed by atoms with van der Waals surface area (Å²) in [5.41, 5.74) is 7.71. The third-order valence-electron chi connectivity index (χ3n) is 4.25. The molecule has 0 aromatic heterocycles. The van der Waals surface area contributed by atoms with E-state index in [1.54, 1.807) is 6.07 Å². The Morgan fingerprint density at radius 1 is 1.24 bits per heavy atom. The molecule has 0 unspecified atom stereocenters. The zero-order chi connectivity index (χ0) is 11.9. The lowest BCUT2D eigenvalue weighted by Gasteiger charge is -2.20. The Hall–Kier alpha value is -1.09. The van der Waals surface area contributed by atoms with Crippen molar-refractivity contribution in [3.63, 3.8) is 0 Å². The van der Waals surface area contributed by atoms with Crippen LogP contribution >= 0.6 is 0 Å². The molecule has 0 atom stereocenters. The van der Waals surface area contributed by atoms with Gasteiger partial charge in [-0.25, -0.2) is 4.39 Å². The predicted octanol–water partition coefficient (Wildman–Crippen LogP) is 2.42. The van der Waals surface area contributed by atoms with Crippen molar-refractivity contribution in [2.45, 2.75) is 31.1 Å². The van der Waals surface area contributed by atoms with Crippen LogP contribution in [0.4, 0.5) is 10.1 Å². The van der Waals surface area contributed by atoms with Gasteiger partial charge in [0.05, 0.1) is 5.69 Å². The summed E-state index contributed by atoms with van der Waals surface area (Å²) in [6.07, 6.45) is 4.56. The van der Waals surface area contributed by atoms with E-state index in [-0.39, 0.29) is 11.2 Å². The molecule has 0 bridgehead atoms. The standard InChI is InChI=1S/C14H19FN2/c15-12-9-11(14(10-16)5-6-14)3-4-13(12)17-7-1-2-8-17/h3-4,9H,1-2,5-8,10,16H2. The molecule has 17 heavy (non-hydrogen) atoms.